The SMILES string of the molecule is CCOc1ccc(/C(O)=C2/C(=O)C(=O)N(CCc3ccc(F)cc3)C2c2ccco2)cc1C(C)C. The molecule has 1 unspecified atom stereocenters. The van der Waals surface area contributed by atoms with E-state index in [4.69, 9.17) is 9.15 Å². The summed E-state index contributed by atoms with van der Waals surface area (Å²) >= 11 is 0. The number of nitrogens with zero attached hydrogens (tertiary/aromatic N) is 1. The van der Waals surface area contributed by atoms with Crippen LogP contribution in [0.2, 0.25) is 0 Å². The van der Waals surface area contributed by atoms with Crippen LogP contribution in [0.15, 0.2) is 70.9 Å². The summed E-state index contributed by atoms with van der Waals surface area (Å²) in [6.45, 7) is 6.62. The Morgan fingerprint density at radius 2 is 1.89 bits per heavy atom. The molecule has 3 aromatic rings. The maximum Gasteiger partial charge on any atom is 0.295 e. The molecular weight excluding hydrogens is 449 g/mol. The topological polar surface area (TPSA) is 80.0 Å². The molecule has 1 aromatic heterocycles. The zero-order valence-corrected chi connectivity index (χ0v) is 20.0. The molecule has 1 saturated heterocycles. The number of hydrogen-bond acceptors (Lipinski definition) is 5. The van der Waals surface area contributed by atoms with Gasteiger partial charge in [-0.3, -0.25) is 9.59 Å². The average Bonchev–Trinajstić information content (AvgIpc) is 3.46. The van der Waals surface area contributed by atoms with Gasteiger partial charge in [-0.05, 0) is 72.9 Å². The molecule has 35 heavy (non-hydrogen) atoms. The van der Waals surface area contributed by atoms with E-state index in [1.807, 2.05) is 20.8 Å². The molecule has 2 heterocycles. The van der Waals surface area contributed by atoms with Crippen LogP contribution in [0.4, 0.5) is 4.39 Å². The van der Waals surface area contributed by atoms with Gasteiger partial charge in [0.2, 0.25) is 0 Å². The zero-order chi connectivity index (χ0) is 25.1. The van der Waals surface area contributed by atoms with Gasteiger partial charge < -0.3 is 19.2 Å². The monoisotopic (exact) mass is 477 g/mol. The number of amides is 1. The van der Waals surface area contributed by atoms with Gasteiger partial charge in [0, 0.05) is 12.1 Å². The van der Waals surface area contributed by atoms with E-state index >= 15 is 0 Å². The van der Waals surface area contributed by atoms with Gasteiger partial charge in [0.05, 0.1) is 18.4 Å². The van der Waals surface area contributed by atoms with Crippen LogP contribution in [0.25, 0.3) is 5.76 Å². The van der Waals surface area contributed by atoms with E-state index in [1.165, 1.54) is 23.3 Å². The van der Waals surface area contributed by atoms with Crippen LogP contribution < -0.4 is 4.74 Å². The van der Waals surface area contributed by atoms with Crippen molar-refractivity contribution in [2.75, 3.05) is 13.2 Å². The number of aliphatic hydroxyl groups excluding tert-OH is 1. The number of furan rings is 1. The average molecular weight is 478 g/mol. The first-order chi connectivity index (χ1) is 16.8. The van der Waals surface area contributed by atoms with Crippen LogP contribution in [0.3, 0.4) is 0 Å². The summed E-state index contributed by atoms with van der Waals surface area (Å²) in [7, 11) is 0. The van der Waals surface area contributed by atoms with Crippen LogP contribution >= 0.6 is 0 Å². The second-order valence-corrected chi connectivity index (χ2v) is 8.72. The molecule has 1 fully saturated rings. The van der Waals surface area contributed by atoms with E-state index in [-0.39, 0.29) is 29.6 Å². The van der Waals surface area contributed by atoms with Gasteiger partial charge in [-0.25, -0.2) is 4.39 Å². The fourth-order valence-electron chi connectivity index (χ4n) is 4.34. The van der Waals surface area contributed by atoms with Crippen molar-refractivity contribution < 1.29 is 28.2 Å². The molecule has 1 N–H and O–H groups in total. The molecule has 1 aliphatic heterocycles. The van der Waals surface area contributed by atoms with Crippen molar-refractivity contribution in [3.8, 4) is 5.75 Å². The molecule has 6 nitrogen and oxygen atoms in total. The number of ether oxygens (including phenoxy) is 1. The fourth-order valence-corrected chi connectivity index (χ4v) is 4.34. The first-order valence-corrected chi connectivity index (χ1v) is 11.6. The van der Waals surface area contributed by atoms with Gasteiger partial charge in [-0.15, -0.1) is 0 Å². The first-order valence-electron chi connectivity index (χ1n) is 11.6. The standard InChI is InChI=1S/C28H28FNO5/c1-4-34-22-12-9-19(16-21(22)17(2)3)26(31)24-25(23-6-5-15-35-23)30(28(33)27(24)32)14-13-18-7-10-20(29)11-8-18/h5-12,15-17,25,31H,4,13-14H2,1-3H3/b26-24-. The first kappa shape index (κ1) is 24.3. The molecule has 0 radical (unpaired) electrons. The Balaban J connectivity index is 1.75. The Bertz CT molecular complexity index is 1240. The highest BCUT2D eigenvalue weighted by atomic mass is 19.1. The van der Waals surface area contributed by atoms with Crippen LogP contribution in [0, 0.1) is 5.82 Å². The van der Waals surface area contributed by atoms with Crippen molar-refractivity contribution in [2.24, 2.45) is 0 Å². The Kier molecular flexibility index (Phi) is 7.05. The molecule has 1 amide bonds. The number of Topliss-reactive ketones (excluding diaryl/α,β-unsaturated/α-hetero) is 1. The van der Waals surface area contributed by atoms with Gasteiger partial charge in [-0.2, -0.15) is 0 Å². The smallest absolute Gasteiger partial charge is 0.295 e. The van der Waals surface area contributed by atoms with E-state index in [9.17, 15) is 19.1 Å². The highest BCUT2D eigenvalue weighted by Crippen LogP contribution is 2.40. The van der Waals surface area contributed by atoms with Crippen molar-refractivity contribution in [1.29, 1.82) is 0 Å². The Labute approximate surface area is 203 Å². The van der Waals surface area contributed by atoms with Crippen molar-refractivity contribution in [3.63, 3.8) is 0 Å². The van der Waals surface area contributed by atoms with Crippen molar-refractivity contribution in [2.45, 2.75) is 39.2 Å². The second-order valence-electron chi connectivity index (χ2n) is 8.72. The summed E-state index contributed by atoms with van der Waals surface area (Å²) in [5.41, 5.74) is 2.10. The molecule has 2 aromatic carbocycles. The quantitative estimate of drug-likeness (QED) is 0.259. The molecule has 4 rings (SSSR count). The molecule has 0 bridgehead atoms. The number of ketones is 1. The van der Waals surface area contributed by atoms with E-state index in [2.05, 4.69) is 0 Å². The summed E-state index contributed by atoms with van der Waals surface area (Å²) in [6, 6.07) is 13.7. The third-order valence-corrected chi connectivity index (χ3v) is 6.11. The lowest BCUT2D eigenvalue weighted by molar-refractivity contribution is -0.140. The highest BCUT2D eigenvalue weighted by molar-refractivity contribution is 6.46. The third-order valence-electron chi connectivity index (χ3n) is 6.11. The summed E-state index contributed by atoms with van der Waals surface area (Å²) in [4.78, 5) is 27.6. The number of carbonyl (C=O) groups is 2. The van der Waals surface area contributed by atoms with E-state index < -0.39 is 17.7 Å². The number of hydrogen-bond donors (Lipinski definition) is 1. The predicted octanol–water partition coefficient (Wildman–Crippen LogP) is 5.61. The second kappa shape index (κ2) is 10.2. The van der Waals surface area contributed by atoms with Crippen LogP contribution in [-0.4, -0.2) is 34.8 Å². The van der Waals surface area contributed by atoms with Gasteiger partial charge >= 0.3 is 0 Å². The van der Waals surface area contributed by atoms with Crippen LogP contribution in [0.1, 0.15) is 55.2 Å². The molecule has 182 valence electrons. The van der Waals surface area contributed by atoms with Crippen molar-refractivity contribution >= 4 is 17.4 Å². The van der Waals surface area contributed by atoms with Gasteiger partial charge in [0.15, 0.2) is 0 Å². The highest BCUT2D eigenvalue weighted by Gasteiger charge is 2.47. The maximum absolute atomic E-state index is 13.3. The molecular formula is C28H28FNO5. The van der Waals surface area contributed by atoms with E-state index in [1.54, 1.807) is 42.5 Å². The minimum atomic E-state index is -0.875. The van der Waals surface area contributed by atoms with Crippen LogP contribution in [0.5, 0.6) is 5.75 Å². The maximum atomic E-state index is 13.3. The number of rotatable bonds is 8. The van der Waals surface area contributed by atoms with Crippen molar-refractivity contribution in [3.05, 3.63) is 94.7 Å². The number of benzene rings is 2. The molecule has 1 atom stereocenters. The Morgan fingerprint density at radius 1 is 1.14 bits per heavy atom. The molecule has 0 aliphatic carbocycles. The lowest BCUT2D eigenvalue weighted by atomic mass is 9.95. The third kappa shape index (κ3) is 4.85. The summed E-state index contributed by atoms with van der Waals surface area (Å²) in [5, 5.41) is 11.3. The summed E-state index contributed by atoms with van der Waals surface area (Å²) in [5.74, 6) is -0.905. The van der Waals surface area contributed by atoms with Crippen LogP contribution in [-0.2, 0) is 16.0 Å². The lowest BCUT2D eigenvalue weighted by Crippen LogP contribution is -2.31. The summed E-state index contributed by atoms with van der Waals surface area (Å²) < 4.78 is 24.6. The van der Waals surface area contributed by atoms with E-state index in [0.717, 1.165) is 11.1 Å². The number of halogens is 1. The van der Waals surface area contributed by atoms with Gasteiger partial charge in [0.1, 0.15) is 29.1 Å². The normalized spacial score (nSPS) is 17.4. The van der Waals surface area contributed by atoms with Crippen molar-refractivity contribution in [1.82, 2.24) is 4.90 Å². The Morgan fingerprint density at radius 3 is 2.51 bits per heavy atom. The summed E-state index contributed by atoms with van der Waals surface area (Å²) in [6.07, 6.45) is 1.87. The molecule has 1 aliphatic rings. The molecule has 7 heteroatoms. The fraction of sp³-hybridized carbons (Fsp3) is 0.286. The van der Waals surface area contributed by atoms with Gasteiger partial charge in [-0.1, -0.05) is 26.0 Å². The minimum Gasteiger partial charge on any atom is -0.507 e. The number of likely N-dealkylation sites (tertiary alicyclic amines) is 1. The zero-order valence-electron chi connectivity index (χ0n) is 20.0. The minimum absolute atomic E-state index is 0.0251. The number of aliphatic hydroxyl groups is 1. The predicted molar refractivity (Wildman–Crippen MR) is 130 cm³/mol. The van der Waals surface area contributed by atoms with E-state index in [0.29, 0.717) is 30.1 Å². The number of carbonyl (C=O) groups excluding carboxylic acids is 2. The Hall–Kier alpha value is -3.87. The lowest BCUT2D eigenvalue weighted by Gasteiger charge is -2.23. The molecule has 0 spiro atoms. The largest absolute Gasteiger partial charge is 0.507 e. The van der Waals surface area contributed by atoms with Gasteiger partial charge in [0.25, 0.3) is 11.7 Å². The molecule has 0 saturated carbocycles.